The number of amides is 1. The van der Waals surface area contributed by atoms with E-state index in [0.29, 0.717) is 0 Å². The zero-order valence-electron chi connectivity index (χ0n) is 25.0. The summed E-state index contributed by atoms with van der Waals surface area (Å²) >= 11 is 0. The molecule has 0 bridgehead atoms. The standard InChI is InChI=1S/C26H45NO18/c1-6-13(31)18(36)22(25(40-6)43-20-14(32)8(3)39-23(38)19(20)37)45-26-21(17(35)12(30)7(2)41-26)44-24-11(27-9(4)29)16(34)15(33)10(5-28)42-24/h6-8,10-26,28,30-38H,5H2,1-4H3,(H,27,29)/t6-,7-,8-,10+,11+,12-,13-,14-,15+,16+,17+,18+,19+,20+,21+,22+,23-,24-,25-,26-/m0/s1. The van der Waals surface area contributed by atoms with Crippen molar-refractivity contribution < 1.29 is 89.0 Å². The Kier molecular flexibility index (Phi) is 12.1. The van der Waals surface area contributed by atoms with Crippen LogP contribution in [0.4, 0.5) is 0 Å². The van der Waals surface area contributed by atoms with Gasteiger partial charge in [0.05, 0.1) is 24.9 Å². The van der Waals surface area contributed by atoms with Crippen molar-refractivity contribution in [1.29, 1.82) is 0 Å². The average Bonchev–Trinajstić information content (AvgIpc) is 2.98. The van der Waals surface area contributed by atoms with Gasteiger partial charge in [-0.05, 0) is 20.8 Å². The maximum atomic E-state index is 11.9. The summed E-state index contributed by atoms with van der Waals surface area (Å²) in [6.07, 6.45) is -29.6. The van der Waals surface area contributed by atoms with E-state index in [1.54, 1.807) is 0 Å². The summed E-state index contributed by atoms with van der Waals surface area (Å²) in [5, 5.41) is 107. The van der Waals surface area contributed by atoms with Gasteiger partial charge in [0.25, 0.3) is 0 Å². The molecule has 1 amide bonds. The Bertz CT molecular complexity index is 966. The minimum absolute atomic E-state index is 0.657. The predicted molar refractivity (Wildman–Crippen MR) is 141 cm³/mol. The Morgan fingerprint density at radius 3 is 1.53 bits per heavy atom. The van der Waals surface area contributed by atoms with Crippen molar-refractivity contribution in [3.8, 4) is 0 Å². The maximum Gasteiger partial charge on any atom is 0.217 e. The highest BCUT2D eigenvalue weighted by molar-refractivity contribution is 5.73. The van der Waals surface area contributed by atoms with E-state index in [1.165, 1.54) is 20.8 Å². The van der Waals surface area contributed by atoms with Crippen LogP contribution in [0.5, 0.6) is 0 Å². The van der Waals surface area contributed by atoms with Crippen molar-refractivity contribution in [3.63, 3.8) is 0 Å². The van der Waals surface area contributed by atoms with Gasteiger partial charge in [-0.25, -0.2) is 0 Å². The van der Waals surface area contributed by atoms with Gasteiger partial charge in [0.2, 0.25) is 5.91 Å². The first-order valence-electron chi connectivity index (χ1n) is 14.7. The van der Waals surface area contributed by atoms with Crippen LogP contribution in [-0.2, 0) is 38.0 Å². The van der Waals surface area contributed by atoms with Gasteiger partial charge in [0.15, 0.2) is 25.2 Å². The fourth-order valence-electron chi connectivity index (χ4n) is 5.74. The molecule has 4 saturated heterocycles. The number of hydrogen-bond acceptors (Lipinski definition) is 18. The Balaban J connectivity index is 1.62. The third kappa shape index (κ3) is 7.60. The van der Waals surface area contributed by atoms with Crippen LogP contribution in [-0.4, -0.2) is 186 Å². The molecule has 0 saturated carbocycles. The summed E-state index contributed by atoms with van der Waals surface area (Å²) in [5.74, 6) is -0.657. The van der Waals surface area contributed by atoms with E-state index >= 15 is 0 Å². The molecule has 0 aromatic carbocycles. The molecule has 0 aromatic rings. The third-order valence-corrected chi connectivity index (χ3v) is 8.49. The van der Waals surface area contributed by atoms with Gasteiger partial charge in [-0.1, -0.05) is 0 Å². The first kappa shape index (κ1) is 36.6. The third-order valence-electron chi connectivity index (χ3n) is 8.49. The smallest absolute Gasteiger partial charge is 0.217 e. The van der Waals surface area contributed by atoms with Gasteiger partial charge in [-0.15, -0.1) is 0 Å². The van der Waals surface area contributed by atoms with Gasteiger partial charge in [0.1, 0.15) is 79.3 Å². The number of aliphatic hydroxyl groups is 10. The molecule has 0 radical (unpaired) electrons. The van der Waals surface area contributed by atoms with Crippen LogP contribution in [0.1, 0.15) is 27.7 Å². The highest BCUT2D eigenvalue weighted by Gasteiger charge is 2.55. The number of hydrogen-bond donors (Lipinski definition) is 11. The Morgan fingerprint density at radius 2 is 1.04 bits per heavy atom. The van der Waals surface area contributed by atoms with Crippen LogP contribution in [0.3, 0.4) is 0 Å². The van der Waals surface area contributed by atoms with Gasteiger partial charge in [-0.3, -0.25) is 4.79 Å². The molecule has 4 aliphatic heterocycles. The van der Waals surface area contributed by atoms with Gasteiger partial charge < -0.3 is 89.5 Å². The molecule has 4 aliphatic rings. The number of nitrogens with one attached hydrogen (secondary N) is 1. The second kappa shape index (κ2) is 14.9. The molecule has 4 heterocycles. The lowest BCUT2D eigenvalue weighted by Gasteiger charge is -2.49. The quantitative estimate of drug-likeness (QED) is 0.115. The Labute approximate surface area is 257 Å². The summed E-state index contributed by atoms with van der Waals surface area (Å²) in [6.45, 7) is 4.55. The molecule has 19 heteroatoms. The first-order chi connectivity index (χ1) is 21.1. The van der Waals surface area contributed by atoms with E-state index in [-0.39, 0.29) is 0 Å². The molecule has 0 aliphatic carbocycles. The monoisotopic (exact) mass is 659 g/mol. The highest BCUT2D eigenvalue weighted by Crippen LogP contribution is 2.34. The molecule has 11 N–H and O–H groups in total. The summed E-state index contributed by atoms with van der Waals surface area (Å²) in [5.41, 5.74) is 0. The largest absolute Gasteiger partial charge is 0.394 e. The summed E-state index contributed by atoms with van der Waals surface area (Å²) in [4.78, 5) is 11.9. The first-order valence-corrected chi connectivity index (χ1v) is 14.7. The number of carbonyl (C=O) groups excluding carboxylic acids is 1. The van der Waals surface area contributed by atoms with Crippen LogP contribution in [0.2, 0.25) is 0 Å². The van der Waals surface area contributed by atoms with E-state index < -0.39 is 135 Å². The van der Waals surface area contributed by atoms with Gasteiger partial charge in [-0.2, -0.15) is 0 Å². The van der Waals surface area contributed by atoms with Gasteiger partial charge >= 0.3 is 0 Å². The fourth-order valence-corrected chi connectivity index (χ4v) is 5.74. The second-order valence-electron chi connectivity index (χ2n) is 11.8. The minimum atomic E-state index is -1.79. The summed E-state index contributed by atoms with van der Waals surface area (Å²) in [7, 11) is 0. The van der Waals surface area contributed by atoms with Crippen molar-refractivity contribution in [1.82, 2.24) is 5.32 Å². The topological polar surface area (TPSA) is 296 Å². The maximum absolute atomic E-state index is 11.9. The molecule has 4 fully saturated rings. The van der Waals surface area contributed by atoms with Crippen molar-refractivity contribution in [2.75, 3.05) is 6.61 Å². The number of rotatable bonds is 8. The zero-order chi connectivity index (χ0) is 33.5. The Morgan fingerprint density at radius 1 is 0.578 bits per heavy atom. The molecule has 4 rings (SSSR count). The number of aliphatic hydroxyl groups excluding tert-OH is 10. The average molecular weight is 660 g/mol. The van der Waals surface area contributed by atoms with E-state index in [2.05, 4.69) is 5.32 Å². The van der Waals surface area contributed by atoms with Crippen LogP contribution >= 0.6 is 0 Å². The lowest BCUT2D eigenvalue weighted by molar-refractivity contribution is -0.395. The van der Waals surface area contributed by atoms with E-state index in [4.69, 9.17) is 33.2 Å². The van der Waals surface area contributed by atoms with Crippen molar-refractivity contribution in [3.05, 3.63) is 0 Å². The van der Waals surface area contributed by atoms with Crippen LogP contribution in [0, 0.1) is 0 Å². The van der Waals surface area contributed by atoms with Crippen molar-refractivity contribution in [2.24, 2.45) is 0 Å². The molecule has 19 nitrogen and oxygen atoms in total. The molecule has 0 aromatic heterocycles. The van der Waals surface area contributed by atoms with E-state index in [1.807, 2.05) is 0 Å². The molecule has 45 heavy (non-hydrogen) atoms. The SMILES string of the molecule is CC(=O)N[C@H]1[C@H](O[C@H]2[C@H](O[C@H]3[C@H](O[C@@H]4[C@@H](O)[C@H](C)O[C@H](O)[C@@H]4O)O[C@@H](C)[C@H](O)[C@H]3O)O[C@@H](C)[C@H](O)[C@H]2O)O[C@H](CO)[C@@H](O)[C@@H]1O. The second-order valence-corrected chi connectivity index (χ2v) is 11.8. The van der Waals surface area contributed by atoms with E-state index in [0.717, 1.165) is 6.92 Å². The molecule has 0 spiro atoms. The summed E-state index contributed by atoms with van der Waals surface area (Å²) < 4.78 is 39.7. The van der Waals surface area contributed by atoms with Crippen molar-refractivity contribution >= 4 is 5.91 Å². The van der Waals surface area contributed by atoms with Crippen molar-refractivity contribution in [2.45, 2.75) is 150 Å². The van der Waals surface area contributed by atoms with Crippen LogP contribution < -0.4 is 5.32 Å². The highest BCUT2D eigenvalue weighted by atomic mass is 16.8. The lowest BCUT2D eigenvalue weighted by atomic mass is 9.95. The number of carbonyl (C=O) groups is 1. The lowest BCUT2D eigenvalue weighted by Crippen LogP contribution is -2.68. The number of ether oxygens (including phenoxy) is 7. The molecule has 20 atom stereocenters. The van der Waals surface area contributed by atoms with Crippen LogP contribution in [0.25, 0.3) is 0 Å². The molecule has 262 valence electrons. The normalized spacial score (nSPS) is 52.8. The van der Waals surface area contributed by atoms with Crippen LogP contribution in [0.15, 0.2) is 0 Å². The molecule has 0 unspecified atom stereocenters. The predicted octanol–water partition coefficient (Wildman–Crippen LogP) is -6.52. The Hall–Kier alpha value is -1.21. The minimum Gasteiger partial charge on any atom is -0.394 e. The molecular formula is C26H45NO18. The fraction of sp³-hybridized carbons (Fsp3) is 0.962. The van der Waals surface area contributed by atoms with Gasteiger partial charge in [0, 0.05) is 6.92 Å². The molecular weight excluding hydrogens is 614 g/mol. The zero-order valence-corrected chi connectivity index (χ0v) is 25.0. The summed E-state index contributed by atoms with van der Waals surface area (Å²) in [6, 6.07) is -1.45. The van der Waals surface area contributed by atoms with E-state index in [9.17, 15) is 55.9 Å².